The van der Waals surface area contributed by atoms with Crippen LogP contribution in [0, 0.1) is 5.92 Å². The van der Waals surface area contributed by atoms with Crippen LogP contribution in [0.15, 0.2) is 4.99 Å². The number of piperidine rings is 1. The summed E-state index contributed by atoms with van der Waals surface area (Å²) in [4.78, 5) is 31.3. The van der Waals surface area contributed by atoms with E-state index in [-0.39, 0.29) is 18.5 Å². The van der Waals surface area contributed by atoms with E-state index in [2.05, 4.69) is 39.7 Å². The molecular weight excluding hydrogens is 320 g/mol. The number of rotatable bonds is 7. The summed E-state index contributed by atoms with van der Waals surface area (Å²) >= 11 is 0. The lowest BCUT2D eigenvalue weighted by atomic mass is 10.0. The predicted molar refractivity (Wildman–Crippen MR) is 98.5 cm³/mol. The van der Waals surface area contributed by atoms with E-state index < -0.39 is 0 Å². The summed E-state index contributed by atoms with van der Waals surface area (Å²) in [5.41, 5.74) is 0. The Labute approximate surface area is 150 Å². The zero-order valence-corrected chi connectivity index (χ0v) is 15.7. The van der Waals surface area contributed by atoms with Gasteiger partial charge in [-0.1, -0.05) is 13.8 Å². The Morgan fingerprint density at radius 3 is 2.60 bits per heavy atom. The molecule has 3 N–H and O–H groups in total. The summed E-state index contributed by atoms with van der Waals surface area (Å²) in [6.45, 7) is 11.5. The Bertz CT molecular complexity index is 470. The van der Waals surface area contributed by atoms with Gasteiger partial charge in [-0.05, 0) is 25.7 Å². The third-order valence-corrected chi connectivity index (χ3v) is 4.43. The van der Waals surface area contributed by atoms with Crippen molar-refractivity contribution in [1.82, 2.24) is 25.8 Å². The van der Waals surface area contributed by atoms with Crippen LogP contribution < -0.4 is 16.0 Å². The van der Waals surface area contributed by atoms with E-state index in [1.807, 2.05) is 6.92 Å². The van der Waals surface area contributed by atoms with E-state index in [0.717, 1.165) is 45.0 Å². The fourth-order valence-electron chi connectivity index (χ4n) is 3.23. The van der Waals surface area contributed by atoms with Crippen LogP contribution in [0.4, 0.5) is 4.79 Å². The van der Waals surface area contributed by atoms with Crippen LogP contribution in [-0.4, -0.2) is 79.6 Å². The van der Waals surface area contributed by atoms with Gasteiger partial charge in [0.1, 0.15) is 0 Å². The number of carbonyl (C=O) groups excluding carboxylic acids is 2. The number of aliphatic imine (C=N–C) groups is 1. The molecule has 0 unspecified atom stereocenters. The fourth-order valence-corrected chi connectivity index (χ4v) is 3.23. The van der Waals surface area contributed by atoms with Gasteiger partial charge in [-0.25, -0.2) is 4.79 Å². The van der Waals surface area contributed by atoms with Crippen molar-refractivity contribution in [2.24, 2.45) is 10.9 Å². The van der Waals surface area contributed by atoms with Gasteiger partial charge in [-0.2, -0.15) is 0 Å². The molecule has 0 atom stereocenters. The lowest BCUT2D eigenvalue weighted by Crippen LogP contribution is -2.49. The van der Waals surface area contributed by atoms with Gasteiger partial charge in [0.15, 0.2) is 5.96 Å². The first kappa shape index (κ1) is 19.5. The van der Waals surface area contributed by atoms with Gasteiger partial charge in [0.25, 0.3) is 0 Å². The van der Waals surface area contributed by atoms with Crippen LogP contribution in [0.5, 0.6) is 0 Å². The Hall–Kier alpha value is -1.83. The molecule has 0 radical (unpaired) electrons. The van der Waals surface area contributed by atoms with Crippen molar-refractivity contribution in [3.05, 3.63) is 0 Å². The zero-order chi connectivity index (χ0) is 18.2. The third-order valence-electron chi connectivity index (χ3n) is 4.43. The van der Waals surface area contributed by atoms with Crippen molar-refractivity contribution < 1.29 is 9.59 Å². The molecular formula is C17H32N6O2. The molecule has 2 fully saturated rings. The molecule has 2 rings (SSSR count). The number of carbonyl (C=O) groups is 2. The molecule has 0 bridgehead atoms. The zero-order valence-electron chi connectivity index (χ0n) is 15.7. The SMILES string of the molecule is CCNC(=NCCN1C(=O)CNC1=O)NC1CCN(CC(C)C)CC1. The van der Waals surface area contributed by atoms with Gasteiger partial charge >= 0.3 is 6.03 Å². The largest absolute Gasteiger partial charge is 0.357 e. The average molecular weight is 352 g/mol. The Balaban J connectivity index is 1.78. The van der Waals surface area contributed by atoms with E-state index in [0.29, 0.717) is 25.0 Å². The maximum Gasteiger partial charge on any atom is 0.324 e. The van der Waals surface area contributed by atoms with Crippen molar-refractivity contribution in [1.29, 1.82) is 0 Å². The van der Waals surface area contributed by atoms with E-state index in [1.165, 1.54) is 4.90 Å². The van der Waals surface area contributed by atoms with Crippen molar-refractivity contribution >= 4 is 17.9 Å². The number of hydrogen-bond donors (Lipinski definition) is 3. The number of guanidine groups is 1. The van der Waals surface area contributed by atoms with Gasteiger partial charge in [0.2, 0.25) is 5.91 Å². The highest BCUT2D eigenvalue weighted by Gasteiger charge is 2.27. The highest BCUT2D eigenvalue weighted by atomic mass is 16.2. The molecule has 142 valence electrons. The first-order valence-electron chi connectivity index (χ1n) is 9.35. The standard InChI is InChI=1S/C17H32N6O2/c1-4-18-16(19-7-10-23-15(24)11-20-17(23)25)21-14-5-8-22(9-6-14)12-13(2)3/h13-14H,4-12H2,1-3H3,(H,20,25)(H2,18,19,21). The molecule has 0 aromatic carbocycles. The Morgan fingerprint density at radius 2 is 2.04 bits per heavy atom. The number of hydrogen-bond acceptors (Lipinski definition) is 4. The van der Waals surface area contributed by atoms with Crippen LogP contribution in [0.2, 0.25) is 0 Å². The average Bonchev–Trinajstić information content (AvgIpc) is 2.88. The molecule has 0 saturated carbocycles. The molecule has 0 aliphatic carbocycles. The lowest BCUT2D eigenvalue weighted by Gasteiger charge is -2.34. The van der Waals surface area contributed by atoms with Crippen LogP contribution in [0.1, 0.15) is 33.6 Å². The molecule has 2 aliphatic heterocycles. The quantitative estimate of drug-likeness (QED) is 0.346. The second-order valence-electron chi connectivity index (χ2n) is 7.08. The third kappa shape index (κ3) is 6.19. The normalized spacial score (nSPS) is 20.3. The molecule has 2 aliphatic rings. The summed E-state index contributed by atoms with van der Waals surface area (Å²) in [6.07, 6.45) is 2.20. The number of urea groups is 1. The van der Waals surface area contributed by atoms with Crippen LogP contribution in [-0.2, 0) is 4.79 Å². The molecule has 2 heterocycles. The van der Waals surface area contributed by atoms with Crippen LogP contribution in [0.25, 0.3) is 0 Å². The highest BCUT2D eigenvalue weighted by Crippen LogP contribution is 2.12. The molecule has 3 amide bonds. The maximum absolute atomic E-state index is 11.6. The van der Waals surface area contributed by atoms with Crippen LogP contribution in [0.3, 0.4) is 0 Å². The molecule has 0 aromatic heterocycles. The summed E-state index contributed by atoms with van der Waals surface area (Å²) in [5, 5.41) is 9.25. The van der Waals surface area contributed by atoms with Gasteiger partial charge < -0.3 is 20.9 Å². The molecule has 0 spiro atoms. The van der Waals surface area contributed by atoms with E-state index >= 15 is 0 Å². The smallest absolute Gasteiger partial charge is 0.324 e. The second kappa shape index (κ2) is 9.60. The maximum atomic E-state index is 11.6. The second-order valence-corrected chi connectivity index (χ2v) is 7.08. The topological polar surface area (TPSA) is 89.1 Å². The fraction of sp³-hybridized carbons (Fsp3) is 0.824. The number of likely N-dealkylation sites (tertiary alicyclic amines) is 1. The summed E-state index contributed by atoms with van der Waals surface area (Å²) in [7, 11) is 0. The Morgan fingerprint density at radius 1 is 1.32 bits per heavy atom. The summed E-state index contributed by atoms with van der Waals surface area (Å²) < 4.78 is 0. The number of nitrogens with zero attached hydrogens (tertiary/aromatic N) is 3. The van der Waals surface area contributed by atoms with Crippen molar-refractivity contribution in [2.45, 2.75) is 39.7 Å². The monoisotopic (exact) mass is 352 g/mol. The molecule has 25 heavy (non-hydrogen) atoms. The van der Waals surface area contributed by atoms with Gasteiger partial charge in [0.05, 0.1) is 19.6 Å². The van der Waals surface area contributed by atoms with Gasteiger partial charge in [-0.3, -0.25) is 14.7 Å². The number of imide groups is 1. The summed E-state index contributed by atoms with van der Waals surface area (Å²) in [6, 6.07) is 0.0913. The van der Waals surface area contributed by atoms with E-state index in [4.69, 9.17) is 0 Å². The summed E-state index contributed by atoms with van der Waals surface area (Å²) in [5.74, 6) is 1.28. The van der Waals surface area contributed by atoms with Crippen molar-refractivity contribution in [3.8, 4) is 0 Å². The molecule has 2 saturated heterocycles. The van der Waals surface area contributed by atoms with E-state index in [9.17, 15) is 9.59 Å². The molecule has 0 aromatic rings. The minimum absolute atomic E-state index is 0.0931. The highest BCUT2D eigenvalue weighted by molar-refractivity contribution is 6.01. The van der Waals surface area contributed by atoms with Crippen molar-refractivity contribution in [2.75, 3.05) is 45.8 Å². The minimum Gasteiger partial charge on any atom is -0.357 e. The van der Waals surface area contributed by atoms with Crippen molar-refractivity contribution in [3.63, 3.8) is 0 Å². The first-order valence-corrected chi connectivity index (χ1v) is 9.35. The predicted octanol–water partition coefficient (Wildman–Crippen LogP) is 0.214. The lowest BCUT2D eigenvalue weighted by molar-refractivity contribution is -0.124. The van der Waals surface area contributed by atoms with E-state index in [1.54, 1.807) is 0 Å². The molecule has 8 heteroatoms. The molecule has 8 nitrogen and oxygen atoms in total. The minimum atomic E-state index is -0.323. The number of nitrogens with one attached hydrogen (secondary N) is 3. The first-order chi connectivity index (χ1) is 12.0. The van der Waals surface area contributed by atoms with Crippen LogP contribution >= 0.6 is 0 Å². The van der Waals surface area contributed by atoms with Gasteiger partial charge in [0, 0.05) is 32.2 Å². The van der Waals surface area contributed by atoms with Gasteiger partial charge in [-0.15, -0.1) is 0 Å². The Kier molecular flexibility index (Phi) is 7.49. The number of amides is 3.